The Morgan fingerprint density at radius 2 is 1.61 bits per heavy atom. The monoisotopic (exact) mass is 260 g/mol. The first kappa shape index (κ1) is 17.2. The summed E-state index contributed by atoms with van der Waals surface area (Å²) in [6, 6.07) is 0. The number of carboxylic acid groups (broad SMARTS) is 2. The van der Waals surface area contributed by atoms with Crippen LogP contribution in [-0.4, -0.2) is 59.5 Å². The van der Waals surface area contributed by atoms with Crippen molar-refractivity contribution in [1.29, 1.82) is 0 Å². The Kier molecular flexibility index (Phi) is 10.8. The summed E-state index contributed by atoms with van der Waals surface area (Å²) in [5.74, 6) is 0. The summed E-state index contributed by atoms with van der Waals surface area (Å²) >= 11 is 0. The van der Waals surface area contributed by atoms with Crippen molar-refractivity contribution in [1.82, 2.24) is 9.80 Å². The Bertz CT molecular complexity index is 208. The molecule has 0 aromatic carbocycles. The first-order valence-electron chi connectivity index (χ1n) is 6.89. The molecule has 0 aromatic rings. The Hall–Kier alpha value is -0.810. The van der Waals surface area contributed by atoms with E-state index in [2.05, 4.69) is 23.8 Å². The van der Waals surface area contributed by atoms with Gasteiger partial charge in [-0.05, 0) is 20.0 Å². The molecule has 0 spiro atoms. The molecule has 1 aliphatic heterocycles. The van der Waals surface area contributed by atoms with Crippen molar-refractivity contribution < 1.29 is 15.0 Å². The van der Waals surface area contributed by atoms with Crippen LogP contribution in [0.3, 0.4) is 0 Å². The van der Waals surface area contributed by atoms with E-state index in [0.717, 1.165) is 0 Å². The van der Waals surface area contributed by atoms with Crippen LogP contribution in [0, 0.1) is 0 Å². The van der Waals surface area contributed by atoms with Gasteiger partial charge in [-0.25, -0.2) is 4.79 Å². The highest BCUT2D eigenvalue weighted by Crippen LogP contribution is 2.08. The van der Waals surface area contributed by atoms with Crippen LogP contribution in [0.1, 0.15) is 45.4 Å². The van der Waals surface area contributed by atoms with E-state index in [1.54, 1.807) is 0 Å². The summed E-state index contributed by atoms with van der Waals surface area (Å²) in [5.41, 5.74) is 0. The minimum Gasteiger partial charge on any atom is -0.450 e. The number of unbranched alkanes of at least 4 members (excludes halogenated alkanes) is 5. The van der Waals surface area contributed by atoms with Crippen molar-refractivity contribution in [3.05, 3.63) is 0 Å². The third kappa shape index (κ3) is 11.7. The van der Waals surface area contributed by atoms with Crippen molar-refractivity contribution in [2.45, 2.75) is 45.4 Å². The van der Waals surface area contributed by atoms with Crippen LogP contribution >= 0.6 is 0 Å². The highest BCUT2D eigenvalue weighted by atomic mass is 16.6. The van der Waals surface area contributed by atoms with Crippen molar-refractivity contribution >= 4 is 6.16 Å². The molecule has 0 atom stereocenters. The molecule has 0 amide bonds. The zero-order valence-electron chi connectivity index (χ0n) is 11.8. The van der Waals surface area contributed by atoms with Gasteiger partial charge >= 0.3 is 6.16 Å². The third-order valence-corrected chi connectivity index (χ3v) is 3.07. The van der Waals surface area contributed by atoms with Crippen LogP contribution in [0.2, 0.25) is 0 Å². The van der Waals surface area contributed by atoms with Crippen LogP contribution in [0.4, 0.5) is 4.79 Å². The number of likely N-dealkylation sites (N-methyl/N-ethyl adjacent to an activating group) is 1. The molecule has 1 fully saturated rings. The molecule has 1 rings (SSSR count). The van der Waals surface area contributed by atoms with E-state index < -0.39 is 6.16 Å². The van der Waals surface area contributed by atoms with E-state index in [0.29, 0.717) is 0 Å². The number of hydrogen-bond donors (Lipinski definition) is 2. The molecule has 1 heterocycles. The van der Waals surface area contributed by atoms with Crippen molar-refractivity contribution in [2.24, 2.45) is 0 Å². The highest BCUT2D eigenvalue weighted by Gasteiger charge is 2.14. The van der Waals surface area contributed by atoms with Crippen LogP contribution in [0.5, 0.6) is 0 Å². The number of rotatable bonds is 7. The van der Waals surface area contributed by atoms with Gasteiger partial charge < -0.3 is 10.2 Å². The van der Waals surface area contributed by atoms with Gasteiger partial charge in [-0.3, -0.25) is 9.80 Å². The number of hydrogen-bond acceptors (Lipinski definition) is 3. The largest absolute Gasteiger partial charge is 0.503 e. The lowest BCUT2D eigenvalue weighted by Crippen LogP contribution is -2.24. The summed E-state index contributed by atoms with van der Waals surface area (Å²) in [5, 5.41) is 13.9. The normalized spacial score (nSPS) is 16.3. The van der Waals surface area contributed by atoms with Crippen molar-refractivity contribution in [2.75, 3.05) is 33.4 Å². The summed E-state index contributed by atoms with van der Waals surface area (Å²) in [6.07, 6.45) is 6.66. The maximum absolute atomic E-state index is 8.56. The second-order valence-corrected chi connectivity index (χ2v) is 4.89. The summed E-state index contributed by atoms with van der Waals surface area (Å²) < 4.78 is 0. The summed E-state index contributed by atoms with van der Waals surface area (Å²) in [6.45, 7) is 7.33. The zero-order valence-corrected chi connectivity index (χ0v) is 11.8. The standard InChI is InChI=1S/C12H26N2.CH2O3/c1-3-4-5-6-7-8-9-14-11-10-13(2)12-14;2-1(3)4/h3-12H2,1-2H3;(H2,2,3,4). The second kappa shape index (κ2) is 11.3. The predicted molar refractivity (Wildman–Crippen MR) is 73.1 cm³/mol. The van der Waals surface area contributed by atoms with E-state index >= 15 is 0 Å². The Morgan fingerprint density at radius 3 is 2.11 bits per heavy atom. The lowest BCUT2D eigenvalue weighted by Gasteiger charge is -2.14. The average Bonchev–Trinajstić information content (AvgIpc) is 2.69. The summed E-state index contributed by atoms with van der Waals surface area (Å²) in [4.78, 5) is 13.5. The minimum absolute atomic E-state index is 1.19. The van der Waals surface area contributed by atoms with E-state index in [-0.39, 0.29) is 0 Å². The molecule has 1 aliphatic rings. The molecule has 0 bridgehead atoms. The first-order valence-corrected chi connectivity index (χ1v) is 6.89. The first-order chi connectivity index (χ1) is 8.56. The van der Waals surface area contributed by atoms with Gasteiger partial charge in [0.05, 0.1) is 6.67 Å². The SMILES string of the molecule is CCCCCCCCN1CCN(C)C1.O=C(O)O. The van der Waals surface area contributed by atoms with Crippen LogP contribution in [0.15, 0.2) is 0 Å². The fraction of sp³-hybridized carbons (Fsp3) is 0.923. The average molecular weight is 260 g/mol. The van der Waals surface area contributed by atoms with E-state index in [4.69, 9.17) is 15.0 Å². The molecule has 18 heavy (non-hydrogen) atoms. The lowest BCUT2D eigenvalue weighted by molar-refractivity contribution is 0.137. The lowest BCUT2D eigenvalue weighted by atomic mass is 10.1. The van der Waals surface area contributed by atoms with Gasteiger partial charge in [-0.15, -0.1) is 0 Å². The van der Waals surface area contributed by atoms with Crippen LogP contribution < -0.4 is 0 Å². The van der Waals surface area contributed by atoms with E-state index in [9.17, 15) is 0 Å². The smallest absolute Gasteiger partial charge is 0.450 e. The topological polar surface area (TPSA) is 64.0 Å². The van der Waals surface area contributed by atoms with Crippen molar-refractivity contribution in [3.63, 3.8) is 0 Å². The fourth-order valence-electron chi connectivity index (χ4n) is 2.09. The quantitative estimate of drug-likeness (QED) is 0.689. The molecule has 0 radical (unpaired) electrons. The van der Waals surface area contributed by atoms with E-state index in [1.165, 1.54) is 64.8 Å². The third-order valence-electron chi connectivity index (χ3n) is 3.07. The zero-order chi connectivity index (χ0) is 13.8. The number of carbonyl (C=O) groups is 1. The Morgan fingerprint density at radius 1 is 1.06 bits per heavy atom. The van der Waals surface area contributed by atoms with Gasteiger partial charge in [0.1, 0.15) is 0 Å². The van der Waals surface area contributed by atoms with Gasteiger partial charge in [0.2, 0.25) is 0 Å². The molecule has 0 saturated carbocycles. The van der Waals surface area contributed by atoms with E-state index in [1.807, 2.05) is 0 Å². The Labute approximate surface area is 110 Å². The van der Waals surface area contributed by atoms with Gasteiger partial charge in [0, 0.05) is 13.1 Å². The maximum atomic E-state index is 8.56. The molecule has 108 valence electrons. The molecule has 5 heteroatoms. The molecule has 1 saturated heterocycles. The van der Waals surface area contributed by atoms with Crippen molar-refractivity contribution in [3.8, 4) is 0 Å². The second-order valence-electron chi connectivity index (χ2n) is 4.89. The molecule has 2 N–H and O–H groups in total. The minimum atomic E-state index is -1.83. The van der Waals surface area contributed by atoms with Crippen LogP contribution in [-0.2, 0) is 0 Å². The fourth-order valence-corrected chi connectivity index (χ4v) is 2.09. The molecule has 0 unspecified atom stereocenters. The van der Waals surface area contributed by atoms with Gasteiger partial charge in [0.25, 0.3) is 0 Å². The van der Waals surface area contributed by atoms with Gasteiger partial charge in [0.15, 0.2) is 0 Å². The molecule has 0 aromatic heterocycles. The molecular formula is C13H28N2O3. The maximum Gasteiger partial charge on any atom is 0.503 e. The molecule has 0 aliphatic carbocycles. The predicted octanol–water partition coefficient (Wildman–Crippen LogP) is 2.77. The summed E-state index contributed by atoms with van der Waals surface area (Å²) in [7, 11) is 2.21. The van der Waals surface area contributed by atoms with Gasteiger partial charge in [-0.2, -0.15) is 0 Å². The van der Waals surface area contributed by atoms with Gasteiger partial charge in [-0.1, -0.05) is 39.0 Å². The molecule has 5 nitrogen and oxygen atoms in total. The Balaban J connectivity index is 0.000000631. The number of nitrogens with zero attached hydrogens (tertiary/aromatic N) is 2. The molecular weight excluding hydrogens is 232 g/mol. The highest BCUT2D eigenvalue weighted by molar-refractivity contribution is 5.53. The van der Waals surface area contributed by atoms with Crippen LogP contribution in [0.25, 0.3) is 0 Å².